The van der Waals surface area contributed by atoms with Gasteiger partial charge in [-0.1, -0.05) is 11.8 Å². The number of aliphatic hydroxyl groups excluding tert-OH is 1. The lowest BCUT2D eigenvalue weighted by Crippen LogP contribution is -2.19. The Morgan fingerprint density at radius 3 is 2.92 bits per heavy atom. The van der Waals surface area contributed by atoms with E-state index in [4.69, 9.17) is 10.2 Å². The minimum atomic E-state index is 0.106. The van der Waals surface area contributed by atoms with E-state index in [1.807, 2.05) is 12.3 Å². The Labute approximate surface area is 150 Å². The number of rotatable bonds is 6. The second kappa shape index (κ2) is 6.67. The fourth-order valence-electron chi connectivity index (χ4n) is 3.07. The van der Waals surface area contributed by atoms with Crippen LogP contribution in [0.5, 0.6) is 0 Å². The molecule has 130 valence electrons. The fraction of sp³-hybridized carbons (Fsp3) is 0.333. The number of fused-ring (bicyclic) bond motifs is 2. The number of benzene rings is 1. The normalized spacial score (nSPS) is 12.6. The van der Waals surface area contributed by atoms with E-state index in [2.05, 4.69) is 52.2 Å². The molecule has 0 unspecified atom stereocenters. The number of pyridine rings is 1. The zero-order valence-corrected chi connectivity index (χ0v) is 15.2. The smallest absolute Gasteiger partial charge is 0.121 e. The van der Waals surface area contributed by atoms with E-state index < -0.39 is 0 Å². The number of aromatic nitrogens is 3. The summed E-state index contributed by atoms with van der Waals surface area (Å²) in [5.74, 6) is 0. The highest BCUT2D eigenvalue weighted by Gasteiger charge is 2.26. The lowest BCUT2D eigenvalue weighted by molar-refractivity contribution is 0.311. The summed E-state index contributed by atoms with van der Waals surface area (Å²) >= 11 is 1.72. The van der Waals surface area contributed by atoms with Gasteiger partial charge in [-0.3, -0.25) is 9.67 Å². The van der Waals surface area contributed by atoms with Crippen molar-refractivity contribution in [3.63, 3.8) is 0 Å². The Kier molecular flexibility index (Phi) is 4.37. The Balaban J connectivity index is 1.90. The third kappa shape index (κ3) is 2.88. The van der Waals surface area contributed by atoms with Crippen molar-refractivity contribution in [2.75, 3.05) is 39.1 Å². The Bertz CT molecular complexity index is 921. The van der Waals surface area contributed by atoms with Gasteiger partial charge in [0.25, 0.3) is 0 Å². The minimum absolute atomic E-state index is 0.106. The zero-order valence-electron chi connectivity index (χ0n) is 14.4. The maximum absolute atomic E-state index is 9.16. The highest BCUT2D eigenvalue weighted by atomic mass is 32.2. The van der Waals surface area contributed by atoms with Crippen molar-refractivity contribution >= 4 is 28.4 Å². The van der Waals surface area contributed by atoms with Gasteiger partial charge in [-0.2, -0.15) is 5.10 Å². The molecule has 0 fully saturated rings. The Morgan fingerprint density at radius 1 is 1.24 bits per heavy atom. The SMILES string of the molecule is CN(C)CCn1nc2c3c(c(NCCO)ccc31)Sc1cccnc1-2. The van der Waals surface area contributed by atoms with Gasteiger partial charge in [-0.25, -0.2) is 0 Å². The molecule has 25 heavy (non-hydrogen) atoms. The molecule has 2 aromatic heterocycles. The number of hydrogen-bond acceptors (Lipinski definition) is 6. The van der Waals surface area contributed by atoms with Crippen molar-refractivity contribution in [2.24, 2.45) is 0 Å². The van der Waals surface area contributed by atoms with Crippen LogP contribution in [0.15, 0.2) is 40.3 Å². The molecule has 0 atom stereocenters. The summed E-state index contributed by atoms with van der Waals surface area (Å²) in [6, 6.07) is 8.24. The summed E-state index contributed by atoms with van der Waals surface area (Å²) < 4.78 is 2.08. The number of aliphatic hydroxyl groups is 1. The predicted molar refractivity (Wildman–Crippen MR) is 101 cm³/mol. The predicted octanol–water partition coefficient (Wildman–Crippen LogP) is 2.53. The van der Waals surface area contributed by atoms with Crippen LogP contribution >= 0.6 is 11.8 Å². The van der Waals surface area contributed by atoms with Gasteiger partial charge in [-0.15, -0.1) is 0 Å². The monoisotopic (exact) mass is 355 g/mol. The third-order valence-electron chi connectivity index (χ3n) is 4.26. The van der Waals surface area contributed by atoms with Crippen molar-refractivity contribution in [3.8, 4) is 11.4 Å². The van der Waals surface area contributed by atoms with Crippen molar-refractivity contribution in [1.29, 1.82) is 0 Å². The number of nitrogens with zero attached hydrogens (tertiary/aromatic N) is 4. The van der Waals surface area contributed by atoms with E-state index in [-0.39, 0.29) is 6.61 Å². The maximum atomic E-state index is 9.16. The van der Waals surface area contributed by atoms with Crippen LogP contribution in [-0.2, 0) is 6.54 Å². The molecule has 0 saturated carbocycles. The van der Waals surface area contributed by atoms with E-state index in [9.17, 15) is 0 Å². The van der Waals surface area contributed by atoms with E-state index in [1.54, 1.807) is 11.8 Å². The molecule has 0 amide bonds. The molecule has 0 spiro atoms. The minimum Gasteiger partial charge on any atom is -0.395 e. The van der Waals surface area contributed by atoms with Gasteiger partial charge in [0.05, 0.1) is 18.7 Å². The molecule has 4 rings (SSSR count). The first kappa shape index (κ1) is 16.4. The molecule has 3 aromatic rings. The van der Waals surface area contributed by atoms with Gasteiger partial charge >= 0.3 is 0 Å². The van der Waals surface area contributed by atoms with Crippen molar-refractivity contribution in [3.05, 3.63) is 30.5 Å². The molecule has 0 bridgehead atoms. The van der Waals surface area contributed by atoms with Gasteiger partial charge in [0, 0.05) is 40.2 Å². The first-order chi connectivity index (χ1) is 12.2. The van der Waals surface area contributed by atoms with Crippen LogP contribution in [0.3, 0.4) is 0 Å². The van der Waals surface area contributed by atoms with E-state index in [0.717, 1.165) is 50.9 Å². The van der Waals surface area contributed by atoms with Gasteiger partial charge in [0.2, 0.25) is 0 Å². The summed E-state index contributed by atoms with van der Waals surface area (Å²) in [7, 11) is 4.14. The van der Waals surface area contributed by atoms with Gasteiger partial charge < -0.3 is 15.3 Å². The lowest BCUT2D eigenvalue weighted by Gasteiger charge is -2.18. The van der Waals surface area contributed by atoms with E-state index in [1.165, 1.54) is 0 Å². The summed E-state index contributed by atoms with van der Waals surface area (Å²) in [6.45, 7) is 2.40. The molecular formula is C18H21N5OS. The van der Waals surface area contributed by atoms with Crippen LogP contribution in [0.4, 0.5) is 5.69 Å². The van der Waals surface area contributed by atoms with Crippen LogP contribution in [0.2, 0.25) is 0 Å². The van der Waals surface area contributed by atoms with Crippen LogP contribution < -0.4 is 5.32 Å². The molecule has 1 aliphatic heterocycles. The van der Waals surface area contributed by atoms with Crippen LogP contribution in [-0.4, -0.2) is 58.6 Å². The van der Waals surface area contributed by atoms with Crippen LogP contribution in [0.25, 0.3) is 22.3 Å². The Hall–Kier alpha value is -2.09. The van der Waals surface area contributed by atoms with Crippen molar-refractivity contribution in [2.45, 2.75) is 16.3 Å². The third-order valence-corrected chi connectivity index (χ3v) is 5.44. The quantitative estimate of drug-likeness (QED) is 0.554. The number of likely N-dealkylation sites (N-methyl/N-ethyl adjacent to an activating group) is 1. The summed E-state index contributed by atoms with van der Waals surface area (Å²) in [4.78, 5) is 9.02. The number of nitrogens with one attached hydrogen (secondary N) is 1. The van der Waals surface area contributed by atoms with Gasteiger partial charge in [-0.05, 0) is 38.4 Å². The topological polar surface area (TPSA) is 66.2 Å². The average molecular weight is 355 g/mol. The summed E-state index contributed by atoms with van der Waals surface area (Å²) in [5, 5.41) is 18.5. The maximum Gasteiger partial charge on any atom is 0.121 e. The second-order valence-corrected chi connectivity index (χ2v) is 7.37. The summed E-state index contributed by atoms with van der Waals surface area (Å²) in [6.07, 6.45) is 1.82. The van der Waals surface area contributed by atoms with Gasteiger partial charge in [0.15, 0.2) is 0 Å². The molecule has 3 heterocycles. The van der Waals surface area contributed by atoms with Crippen LogP contribution in [0.1, 0.15) is 0 Å². The Morgan fingerprint density at radius 2 is 2.12 bits per heavy atom. The molecule has 0 radical (unpaired) electrons. The standard InChI is InChI=1S/C18H21N5OS/c1-22(2)9-10-23-13-6-5-12(19-8-11-24)18-15(13)17(21-23)16-14(25-18)4-3-7-20-16/h3-7,19,24H,8-11H2,1-2H3. The molecular weight excluding hydrogens is 334 g/mol. The molecule has 1 aromatic carbocycles. The highest BCUT2D eigenvalue weighted by Crippen LogP contribution is 2.49. The molecule has 0 aliphatic carbocycles. The van der Waals surface area contributed by atoms with Crippen molar-refractivity contribution in [1.82, 2.24) is 19.7 Å². The van der Waals surface area contributed by atoms with E-state index >= 15 is 0 Å². The average Bonchev–Trinajstić information content (AvgIpc) is 2.99. The number of anilines is 1. The molecule has 6 nitrogen and oxygen atoms in total. The lowest BCUT2D eigenvalue weighted by atomic mass is 10.1. The first-order valence-corrected chi connectivity index (χ1v) is 9.17. The molecule has 1 aliphatic rings. The highest BCUT2D eigenvalue weighted by molar-refractivity contribution is 8.00. The largest absolute Gasteiger partial charge is 0.395 e. The van der Waals surface area contributed by atoms with Crippen LogP contribution in [0, 0.1) is 0 Å². The molecule has 0 saturated heterocycles. The van der Waals surface area contributed by atoms with Crippen molar-refractivity contribution < 1.29 is 5.11 Å². The second-order valence-electron chi connectivity index (χ2n) is 6.31. The molecule has 7 heteroatoms. The number of hydrogen-bond donors (Lipinski definition) is 2. The zero-order chi connectivity index (χ0) is 17.4. The molecule has 2 N–H and O–H groups in total. The fourth-order valence-corrected chi connectivity index (χ4v) is 4.23. The first-order valence-electron chi connectivity index (χ1n) is 8.35. The summed E-state index contributed by atoms with van der Waals surface area (Å²) in [5.41, 5.74) is 4.07. The van der Waals surface area contributed by atoms with Gasteiger partial charge in [0.1, 0.15) is 11.4 Å². The van der Waals surface area contributed by atoms with E-state index in [0.29, 0.717) is 6.54 Å².